The molecule has 0 atom stereocenters. The Morgan fingerprint density at radius 2 is 2.00 bits per heavy atom. The highest BCUT2D eigenvalue weighted by Crippen LogP contribution is 2.30. The van der Waals surface area contributed by atoms with E-state index in [0.717, 1.165) is 50.1 Å². The minimum atomic E-state index is 0. The fourth-order valence-electron chi connectivity index (χ4n) is 3.85. The minimum Gasteiger partial charge on any atom is -0.381 e. The van der Waals surface area contributed by atoms with Gasteiger partial charge in [-0.15, -0.1) is 35.3 Å². The van der Waals surface area contributed by atoms with E-state index in [1.165, 1.54) is 31.6 Å². The smallest absolute Gasteiger partial charge is 0.191 e. The third-order valence-electron chi connectivity index (χ3n) is 5.58. The van der Waals surface area contributed by atoms with E-state index in [0.29, 0.717) is 5.92 Å². The molecule has 0 radical (unpaired) electrons. The molecule has 6 nitrogen and oxygen atoms in total. The zero-order chi connectivity index (χ0) is 18.4. The van der Waals surface area contributed by atoms with Gasteiger partial charge in [0.1, 0.15) is 5.01 Å². The normalized spacial score (nSPS) is 20.5. The van der Waals surface area contributed by atoms with Gasteiger partial charge in [-0.05, 0) is 44.7 Å². The highest BCUT2D eigenvalue weighted by Gasteiger charge is 2.39. The Morgan fingerprint density at radius 1 is 1.30 bits per heavy atom. The molecule has 0 amide bonds. The number of ether oxygens (including phenoxy) is 1. The lowest BCUT2D eigenvalue weighted by molar-refractivity contribution is -0.0164. The van der Waals surface area contributed by atoms with Crippen LogP contribution in [-0.4, -0.2) is 61.3 Å². The summed E-state index contributed by atoms with van der Waals surface area (Å²) < 4.78 is 5.64. The SMILES string of the molecule is CN=C(NCc1nc(C(C)C)cs1)NCC1(N2CCCC2)CCOCC1.I. The number of likely N-dealkylation sites (tertiary alicyclic amines) is 1. The van der Waals surface area contributed by atoms with Gasteiger partial charge in [0.25, 0.3) is 0 Å². The molecule has 154 valence electrons. The molecule has 2 N–H and O–H groups in total. The molecule has 0 spiro atoms. The number of hydrogen-bond acceptors (Lipinski definition) is 5. The highest BCUT2D eigenvalue weighted by molar-refractivity contribution is 14.0. The summed E-state index contributed by atoms with van der Waals surface area (Å²) >= 11 is 1.72. The Bertz CT molecular complexity index is 595. The van der Waals surface area contributed by atoms with Crippen LogP contribution in [0.5, 0.6) is 0 Å². The predicted molar refractivity (Wildman–Crippen MR) is 123 cm³/mol. The van der Waals surface area contributed by atoms with Gasteiger partial charge in [-0.2, -0.15) is 0 Å². The number of guanidine groups is 1. The average molecular weight is 507 g/mol. The Kier molecular flexibility index (Phi) is 9.24. The number of nitrogens with one attached hydrogen (secondary N) is 2. The van der Waals surface area contributed by atoms with Crippen molar-refractivity contribution >= 4 is 41.3 Å². The van der Waals surface area contributed by atoms with Crippen LogP contribution in [-0.2, 0) is 11.3 Å². The van der Waals surface area contributed by atoms with E-state index in [1.807, 2.05) is 7.05 Å². The largest absolute Gasteiger partial charge is 0.381 e. The number of halogens is 1. The zero-order valence-corrected chi connectivity index (χ0v) is 19.9. The quantitative estimate of drug-likeness (QED) is 0.352. The first kappa shape index (κ1) is 22.8. The van der Waals surface area contributed by atoms with Crippen molar-refractivity contribution in [1.29, 1.82) is 0 Å². The molecular weight excluding hydrogens is 473 g/mol. The van der Waals surface area contributed by atoms with Crippen molar-refractivity contribution in [2.45, 2.75) is 57.5 Å². The molecule has 0 unspecified atom stereocenters. The molecule has 27 heavy (non-hydrogen) atoms. The van der Waals surface area contributed by atoms with Gasteiger partial charge in [-0.1, -0.05) is 13.8 Å². The standard InChI is InChI=1S/C19H33N5OS.HI/c1-15(2)16-13-26-17(23-16)12-21-18(20-3)22-14-19(6-10-25-11-7-19)24-8-4-5-9-24;/h13,15H,4-12,14H2,1-3H3,(H2,20,21,22);1H. The monoisotopic (exact) mass is 507 g/mol. The number of rotatable bonds is 6. The molecule has 1 aromatic heterocycles. The third-order valence-corrected chi connectivity index (χ3v) is 6.44. The van der Waals surface area contributed by atoms with E-state index in [9.17, 15) is 0 Å². The Hall–Kier alpha value is -0.450. The summed E-state index contributed by atoms with van der Waals surface area (Å²) in [5.74, 6) is 1.34. The maximum Gasteiger partial charge on any atom is 0.191 e. The van der Waals surface area contributed by atoms with Gasteiger partial charge in [-0.3, -0.25) is 9.89 Å². The minimum absolute atomic E-state index is 0. The summed E-state index contributed by atoms with van der Waals surface area (Å²) in [5, 5.41) is 10.3. The summed E-state index contributed by atoms with van der Waals surface area (Å²) in [4.78, 5) is 11.8. The second-order valence-corrected chi connectivity index (χ2v) is 8.57. The predicted octanol–water partition coefficient (Wildman–Crippen LogP) is 3.19. The molecule has 3 heterocycles. The Morgan fingerprint density at radius 3 is 2.59 bits per heavy atom. The summed E-state index contributed by atoms with van der Waals surface area (Å²) in [5.41, 5.74) is 1.38. The second-order valence-electron chi connectivity index (χ2n) is 7.63. The maximum atomic E-state index is 5.64. The first-order valence-corrected chi connectivity index (χ1v) is 10.7. The Labute approximate surface area is 184 Å². The van der Waals surface area contributed by atoms with Crippen LogP contribution in [0.25, 0.3) is 0 Å². The lowest BCUT2D eigenvalue weighted by atomic mass is 9.88. The van der Waals surface area contributed by atoms with Gasteiger partial charge in [0.15, 0.2) is 5.96 Å². The summed E-state index contributed by atoms with van der Waals surface area (Å²) in [6, 6.07) is 0. The van der Waals surface area contributed by atoms with Crippen molar-refractivity contribution < 1.29 is 4.74 Å². The van der Waals surface area contributed by atoms with E-state index in [-0.39, 0.29) is 29.5 Å². The van der Waals surface area contributed by atoms with Crippen molar-refractivity contribution in [1.82, 2.24) is 20.5 Å². The summed E-state index contributed by atoms with van der Waals surface area (Å²) in [7, 11) is 1.84. The van der Waals surface area contributed by atoms with E-state index < -0.39 is 0 Å². The van der Waals surface area contributed by atoms with Crippen LogP contribution in [0, 0.1) is 0 Å². The van der Waals surface area contributed by atoms with E-state index in [4.69, 9.17) is 9.72 Å². The van der Waals surface area contributed by atoms with Crippen molar-refractivity contribution in [3.05, 3.63) is 16.1 Å². The van der Waals surface area contributed by atoms with Crippen LogP contribution >= 0.6 is 35.3 Å². The zero-order valence-electron chi connectivity index (χ0n) is 16.8. The molecular formula is C19H34IN5OS. The van der Waals surface area contributed by atoms with Crippen LogP contribution in [0.2, 0.25) is 0 Å². The van der Waals surface area contributed by atoms with E-state index in [1.54, 1.807) is 11.3 Å². The van der Waals surface area contributed by atoms with Crippen molar-refractivity contribution in [2.75, 3.05) is 39.9 Å². The molecule has 0 saturated carbocycles. The molecule has 8 heteroatoms. The molecule has 0 aromatic carbocycles. The fraction of sp³-hybridized carbons (Fsp3) is 0.789. The molecule has 2 aliphatic rings. The molecule has 3 rings (SSSR count). The van der Waals surface area contributed by atoms with Gasteiger partial charge < -0.3 is 15.4 Å². The number of aliphatic imine (C=N–C) groups is 1. The first-order chi connectivity index (χ1) is 12.6. The number of nitrogens with zero attached hydrogens (tertiary/aromatic N) is 3. The second kappa shape index (κ2) is 10.9. The molecule has 0 bridgehead atoms. The maximum absolute atomic E-state index is 5.64. The average Bonchev–Trinajstić information content (AvgIpc) is 3.35. The topological polar surface area (TPSA) is 61.8 Å². The van der Waals surface area contributed by atoms with Crippen molar-refractivity contribution in [3.63, 3.8) is 0 Å². The summed E-state index contributed by atoms with van der Waals surface area (Å²) in [6.07, 6.45) is 4.83. The van der Waals surface area contributed by atoms with Crippen LogP contribution < -0.4 is 10.6 Å². The third kappa shape index (κ3) is 6.01. The molecule has 1 aromatic rings. The molecule has 2 fully saturated rings. The van der Waals surface area contributed by atoms with E-state index in [2.05, 4.69) is 39.8 Å². The summed E-state index contributed by atoms with van der Waals surface area (Å²) in [6.45, 7) is 10.1. The highest BCUT2D eigenvalue weighted by atomic mass is 127. The van der Waals surface area contributed by atoms with Crippen LogP contribution in [0.3, 0.4) is 0 Å². The first-order valence-electron chi connectivity index (χ1n) is 9.84. The van der Waals surface area contributed by atoms with Crippen LogP contribution in [0.15, 0.2) is 10.4 Å². The van der Waals surface area contributed by atoms with Crippen LogP contribution in [0.1, 0.15) is 56.2 Å². The van der Waals surface area contributed by atoms with Crippen LogP contribution in [0.4, 0.5) is 0 Å². The number of aromatic nitrogens is 1. The van der Waals surface area contributed by atoms with Gasteiger partial charge in [-0.25, -0.2) is 4.98 Å². The van der Waals surface area contributed by atoms with E-state index >= 15 is 0 Å². The van der Waals surface area contributed by atoms with Gasteiger partial charge in [0.05, 0.1) is 12.2 Å². The van der Waals surface area contributed by atoms with Crippen molar-refractivity contribution in [3.8, 4) is 0 Å². The molecule has 2 aliphatic heterocycles. The van der Waals surface area contributed by atoms with Gasteiger partial charge in [0.2, 0.25) is 0 Å². The lowest BCUT2D eigenvalue weighted by Gasteiger charge is -2.45. The molecule has 2 saturated heterocycles. The van der Waals surface area contributed by atoms with Crippen molar-refractivity contribution in [2.24, 2.45) is 4.99 Å². The fourth-order valence-corrected chi connectivity index (χ4v) is 4.74. The Balaban J connectivity index is 0.00000261. The molecule has 0 aliphatic carbocycles. The number of hydrogen-bond donors (Lipinski definition) is 2. The van der Waals surface area contributed by atoms with Gasteiger partial charge >= 0.3 is 0 Å². The lowest BCUT2D eigenvalue weighted by Crippen LogP contribution is -2.58. The van der Waals surface area contributed by atoms with Gasteiger partial charge in [0, 0.05) is 37.7 Å². The number of thiazole rings is 1.